The molecule has 2 amide bonds. The lowest BCUT2D eigenvalue weighted by Gasteiger charge is -2.39. The molecule has 1 aliphatic heterocycles. The summed E-state index contributed by atoms with van der Waals surface area (Å²) in [6.07, 6.45) is 0.648. The lowest BCUT2D eigenvalue weighted by molar-refractivity contribution is -0.128. The summed E-state index contributed by atoms with van der Waals surface area (Å²) < 4.78 is 19.4. The second-order valence-corrected chi connectivity index (χ2v) is 7.07. The summed E-state index contributed by atoms with van der Waals surface area (Å²) in [4.78, 5) is 26.3. The van der Waals surface area contributed by atoms with Crippen molar-refractivity contribution in [1.82, 2.24) is 10.2 Å². The topological polar surface area (TPSA) is 84.7 Å². The fraction of sp³-hybridized carbons (Fsp3) is 0.556. The van der Waals surface area contributed by atoms with E-state index in [0.29, 0.717) is 5.75 Å². The molecule has 0 spiro atoms. The minimum Gasteiger partial charge on any atom is -0.497 e. The van der Waals surface area contributed by atoms with E-state index in [1.54, 1.807) is 31.2 Å². The number of benzene rings is 1. The van der Waals surface area contributed by atoms with Crippen LogP contribution in [0.15, 0.2) is 24.3 Å². The van der Waals surface area contributed by atoms with Gasteiger partial charge in [0.05, 0.1) is 25.6 Å². The molecule has 7 heteroatoms. The van der Waals surface area contributed by atoms with E-state index in [2.05, 4.69) is 5.32 Å². The molecule has 25 heavy (non-hydrogen) atoms. The number of ether oxygens (including phenoxy) is 1. The second-order valence-electron chi connectivity index (χ2n) is 7.07. The summed E-state index contributed by atoms with van der Waals surface area (Å²) in [5, 5.41) is 2.68. The number of nitrogens with two attached hydrogens (primary N) is 1. The number of hydrogen-bond acceptors (Lipinski definition) is 4. The first-order chi connectivity index (χ1) is 11.8. The van der Waals surface area contributed by atoms with Crippen LogP contribution in [0.25, 0.3) is 0 Å². The number of methoxy groups -OCH3 is 1. The first-order valence-electron chi connectivity index (χ1n) is 8.45. The fourth-order valence-corrected chi connectivity index (χ4v) is 3.76. The molecule has 3 rings (SSSR count). The zero-order valence-corrected chi connectivity index (χ0v) is 14.5. The zero-order valence-electron chi connectivity index (χ0n) is 14.5. The molecule has 2 unspecified atom stereocenters. The van der Waals surface area contributed by atoms with Crippen LogP contribution < -0.4 is 15.8 Å². The number of hydrogen-bond donors (Lipinski definition) is 2. The van der Waals surface area contributed by atoms with Gasteiger partial charge in [-0.25, -0.2) is 4.39 Å². The normalized spacial score (nSPS) is 31.6. The minimum absolute atomic E-state index is 0.0523. The Kier molecular flexibility index (Phi) is 4.69. The number of likely N-dealkylation sites (tertiary alicyclic amines) is 1. The fourth-order valence-electron chi connectivity index (χ4n) is 3.76. The summed E-state index contributed by atoms with van der Waals surface area (Å²) in [7, 11) is 3.27. The van der Waals surface area contributed by atoms with Gasteiger partial charge >= 0.3 is 0 Å². The van der Waals surface area contributed by atoms with Crippen LogP contribution in [0.5, 0.6) is 5.75 Å². The highest BCUT2D eigenvalue weighted by molar-refractivity contribution is 5.90. The van der Waals surface area contributed by atoms with Crippen molar-refractivity contribution >= 4 is 11.8 Å². The molecule has 1 aliphatic carbocycles. The first-order valence-corrected chi connectivity index (χ1v) is 8.45. The maximum absolute atomic E-state index is 14.3. The molecule has 6 nitrogen and oxygen atoms in total. The van der Waals surface area contributed by atoms with Gasteiger partial charge in [0.2, 0.25) is 11.8 Å². The molecule has 0 bridgehead atoms. The molecule has 1 heterocycles. The van der Waals surface area contributed by atoms with Gasteiger partial charge in [0.25, 0.3) is 0 Å². The number of carbonyl (C=O) groups excluding carboxylic acids is 2. The largest absolute Gasteiger partial charge is 0.497 e. The van der Waals surface area contributed by atoms with Crippen LogP contribution in [0.1, 0.15) is 30.9 Å². The van der Waals surface area contributed by atoms with Crippen molar-refractivity contribution in [2.75, 3.05) is 20.7 Å². The van der Waals surface area contributed by atoms with Gasteiger partial charge in [-0.15, -0.1) is 0 Å². The Morgan fingerprint density at radius 1 is 1.40 bits per heavy atom. The van der Waals surface area contributed by atoms with Crippen LogP contribution in [0.3, 0.4) is 0 Å². The molecule has 1 aromatic carbocycles. The summed E-state index contributed by atoms with van der Waals surface area (Å²) in [5.41, 5.74) is 5.07. The van der Waals surface area contributed by atoms with Crippen molar-refractivity contribution in [3.8, 4) is 5.75 Å². The Bertz CT molecular complexity index is 658. The molecule has 1 aromatic rings. The van der Waals surface area contributed by atoms with Crippen LogP contribution in [-0.2, 0) is 9.59 Å². The van der Waals surface area contributed by atoms with Crippen molar-refractivity contribution in [1.29, 1.82) is 0 Å². The molecule has 1 saturated heterocycles. The van der Waals surface area contributed by atoms with E-state index in [9.17, 15) is 14.0 Å². The number of halogens is 1. The molecular formula is C18H24FN3O3. The van der Waals surface area contributed by atoms with Crippen molar-refractivity contribution in [2.45, 2.75) is 37.0 Å². The lowest BCUT2D eigenvalue weighted by Crippen LogP contribution is -2.55. The summed E-state index contributed by atoms with van der Waals surface area (Å²) >= 11 is 0. The Labute approximate surface area is 146 Å². The van der Waals surface area contributed by atoms with Crippen molar-refractivity contribution in [2.24, 2.45) is 11.7 Å². The highest BCUT2D eigenvalue weighted by atomic mass is 19.1. The van der Waals surface area contributed by atoms with Gasteiger partial charge in [-0.05, 0) is 30.5 Å². The summed E-state index contributed by atoms with van der Waals surface area (Å²) in [5.74, 6) is -0.224. The Balaban J connectivity index is 1.71. The van der Waals surface area contributed by atoms with E-state index < -0.39 is 11.6 Å². The lowest BCUT2D eigenvalue weighted by atomic mass is 9.77. The van der Waals surface area contributed by atoms with Crippen molar-refractivity contribution in [3.05, 3.63) is 29.8 Å². The van der Waals surface area contributed by atoms with Crippen molar-refractivity contribution in [3.63, 3.8) is 0 Å². The predicted octanol–water partition coefficient (Wildman–Crippen LogP) is 1.16. The smallest absolute Gasteiger partial charge is 0.226 e. The highest BCUT2D eigenvalue weighted by Gasteiger charge is 2.46. The molecule has 0 radical (unpaired) electrons. The zero-order chi connectivity index (χ0) is 18.2. The summed E-state index contributed by atoms with van der Waals surface area (Å²) in [6, 6.07) is 6.80. The van der Waals surface area contributed by atoms with E-state index in [4.69, 9.17) is 10.5 Å². The van der Waals surface area contributed by atoms with Gasteiger partial charge in [-0.2, -0.15) is 0 Å². The van der Waals surface area contributed by atoms with Gasteiger partial charge in [-0.1, -0.05) is 12.1 Å². The van der Waals surface area contributed by atoms with Gasteiger partial charge in [0.1, 0.15) is 11.4 Å². The Hall–Kier alpha value is -2.15. The maximum Gasteiger partial charge on any atom is 0.226 e. The molecule has 1 saturated carbocycles. The predicted molar refractivity (Wildman–Crippen MR) is 90.7 cm³/mol. The molecule has 2 aliphatic rings. The van der Waals surface area contributed by atoms with E-state index in [0.717, 1.165) is 5.56 Å². The third-order valence-corrected chi connectivity index (χ3v) is 5.22. The quantitative estimate of drug-likeness (QED) is 0.835. The number of carbonyl (C=O) groups is 2. The van der Waals surface area contributed by atoms with E-state index >= 15 is 0 Å². The van der Waals surface area contributed by atoms with Crippen LogP contribution in [0.2, 0.25) is 0 Å². The van der Waals surface area contributed by atoms with Crippen LogP contribution >= 0.6 is 0 Å². The number of nitrogens with zero attached hydrogens (tertiary/aromatic N) is 1. The highest BCUT2D eigenvalue weighted by Crippen LogP contribution is 2.38. The van der Waals surface area contributed by atoms with Crippen LogP contribution in [-0.4, -0.2) is 49.1 Å². The minimum atomic E-state index is -1.42. The summed E-state index contributed by atoms with van der Waals surface area (Å²) in [6.45, 7) is -0.0523. The SMILES string of the molecule is COc1ccc(C2C(C(=O)NCC3(F)CC(N)C3)CC(=O)N2C)cc1. The monoisotopic (exact) mass is 349 g/mol. The third kappa shape index (κ3) is 3.46. The number of amides is 2. The molecule has 2 atom stereocenters. The Morgan fingerprint density at radius 2 is 2.04 bits per heavy atom. The van der Waals surface area contributed by atoms with Crippen LogP contribution in [0.4, 0.5) is 4.39 Å². The van der Waals surface area contributed by atoms with Gasteiger partial charge in [0, 0.05) is 19.5 Å². The molecule has 136 valence electrons. The average molecular weight is 349 g/mol. The number of alkyl halides is 1. The number of rotatable bonds is 5. The maximum atomic E-state index is 14.3. The Morgan fingerprint density at radius 3 is 2.60 bits per heavy atom. The second kappa shape index (κ2) is 6.63. The van der Waals surface area contributed by atoms with Gasteiger partial charge in [-0.3, -0.25) is 9.59 Å². The molecule has 3 N–H and O–H groups in total. The van der Waals surface area contributed by atoms with Gasteiger partial charge < -0.3 is 20.7 Å². The van der Waals surface area contributed by atoms with E-state index in [1.807, 2.05) is 12.1 Å². The standard InChI is InChI=1S/C18H24FN3O3/c1-22-15(23)7-14(16(22)11-3-5-13(25-2)6-4-11)17(24)21-10-18(19)8-12(20)9-18/h3-6,12,14,16H,7-10,20H2,1-2H3,(H,21,24). The van der Waals surface area contributed by atoms with Crippen LogP contribution in [0, 0.1) is 5.92 Å². The molecular weight excluding hydrogens is 325 g/mol. The first kappa shape index (κ1) is 17.7. The van der Waals surface area contributed by atoms with Crippen molar-refractivity contribution < 1.29 is 18.7 Å². The van der Waals surface area contributed by atoms with Gasteiger partial charge in [0.15, 0.2) is 0 Å². The third-order valence-electron chi connectivity index (χ3n) is 5.22. The average Bonchev–Trinajstić information content (AvgIpc) is 2.87. The van der Waals surface area contributed by atoms with E-state index in [-0.39, 0.29) is 49.7 Å². The number of nitrogens with one attached hydrogen (secondary N) is 1. The van der Waals surface area contributed by atoms with E-state index in [1.165, 1.54) is 0 Å². The molecule has 2 fully saturated rings. The molecule has 0 aromatic heterocycles.